The van der Waals surface area contributed by atoms with Crippen LogP contribution in [-0.4, -0.2) is 68.7 Å². The van der Waals surface area contributed by atoms with Gasteiger partial charge in [-0.05, 0) is 34.7 Å². The number of aromatic nitrogens is 4. The maximum Gasteiger partial charge on any atom is 0.294 e. The summed E-state index contributed by atoms with van der Waals surface area (Å²) < 4.78 is 1.68. The van der Waals surface area contributed by atoms with Crippen molar-refractivity contribution in [2.45, 2.75) is 0 Å². The van der Waals surface area contributed by atoms with Gasteiger partial charge in [-0.2, -0.15) is 4.68 Å². The zero-order valence-electron chi connectivity index (χ0n) is 16.4. The summed E-state index contributed by atoms with van der Waals surface area (Å²) in [5.74, 6) is 0.320. The van der Waals surface area contributed by atoms with Crippen LogP contribution in [0.3, 0.4) is 0 Å². The molecule has 0 spiro atoms. The van der Waals surface area contributed by atoms with Crippen LogP contribution in [0.15, 0.2) is 48.5 Å². The average molecular weight is 443 g/mol. The minimum atomic E-state index is -0.572. The number of para-hydroxylation sites is 1. The number of nitrogens with zero attached hydrogens (tertiary/aromatic N) is 7. The predicted molar refractivity (Wildman–Crippen MR) is 115 cm³/mol. The zero-order valence-corrected chi connectivity index (χ0v) is 17.1. The second kappa shape index (κ2) is 9.06. The monoisotopic (exact) mass is 442 g/mol. The predicted octanol–water partition coefficient (Wildman–Crippen LogP) is 1.98. The van der Waals surface area contributed by atoms with Gasteiger partial charge in [-0.15, -0.1) is 0 Å². The number of hydrogen-bond acceptors (Lipinski definition) is 8. The lowest BCUT2D eigenvalue weighted by molar-refractivity contribution is -0.383. The van der Waals surface area contributed by atoms with E-state index in [1.165, 1.54) is 18.2 Å². The summed E-state index contributed by atoms with van der Waals surface area (Å²) in [7, 11) is 0. The molecule has 12 heteroatoms. The first-order valence-corrected chi connectivity index (χ1v) is 9.94. The Morgan fingerprint density at radius 3 is 2.58 bits per heavy atom. The van der Waals surface area contributed by atoms with Crippen molar-refractivity contribution in [1.82, 2.24) is 25.1 Å². The van der Waals surface area contributed by atoms with Gasteiger partial charge in [0.15, 0.2) is 0 Å². The van der Waals surface area contributed by atoms with Gasteiger partial charge in [0, 0.05) is 37.3 Å². The molecule has 3 aromatic rings. The molecular formula is C19H19ClN8O3. The summed E-state index contributed by atoms with van der Waals surface area (Å²) in [6, 6.07) is 13.8. The Morgan fingerprint density at radius 2 is 1.87 bits per heavy atom. The molecule has 1 N–H and O–H groups in total. The summed E-state index contributed by atoms with van der Waals surface area (Å²) in [6.45, 7) is 2.65. The van der Waals surface area contributed by atoms with E-state index in [-0.39, 0.29) is 28.8 Å². The van der Waals surface area contributed by atoms with Gasteiger partial charge >= 0.3 is 0 Å². The van der Waals surface area contributed by atoms with E-state index in [9.17, 15) is 14.9 Å². The second-order valence-corrected chi connectivity index (χ2v) is 7.39. The number of benzene rings is 2. The van der Waals surface area contributed by atoms with Crippen molar-refractivity contribution in [1.29, 1.82) is 0 Å². The van der Waals surface area contributed by atoms with E-state index in [1.807, 2.05) is 35.2 Å². The maximum atomic E-state index is 12.4. The number of anilines is 2. The Hall–Kier alpha value is -3.57. The van der Waals surface area contributed by atoms with Crippen LogP contribution in [0.1, 0.15) is 0 Å². The van der Waals surface area contributed by atoms with Crippen LogP contribution in [0.4, 0.5) is 17.3 Å². The molecule has 1 saturated heterocycles. The standard InChI is InChI=1S/C19H19ClN8O3/c20-14-6-7-16(17(12-14)28(30)31)21-18(29)13-25-8-10-26(11-9-25)19-22-23-24-27(19)15-4-2-1-3-5-15/h1-7,12H,8-11,13H2,(H,21,29). The first-order chi connectivity index (χ1) is 15.0. The van der Waals surface area contributed by atoms with Crippen molar-refractivity contribution in [3.8, 4) is 5.69 Å². The van der Waals surface area contributed by atoms with E-state index in [0.29, 0.717) is 32.1 Å². The second-order valence-electron chi connectivity index (χ2n) is 6.96. The van der Waals surface area contributed by atoms with Gasteiger partial charge < -0.3 is 10.2 Å². The number of nitrogens with one attached hydrogen (secondary N) is 1. The van der Waals surface area contributed by atoms with E-state index in [4.69, 9.17) is 11.6 Å². The third-order valence-corrected chi connectivity index (χ3v) is 5.14. The first kappa shape index (κ1) is 20.7. The molecular weight excluding hydrogens is 424 g/mol. The molecule has 2 aromatic carbocycles. The number of hydrogen-bond donors (Lipinski definition) is 1. The van der Waals surface area contributed by atoms with Crippen molar-refractivity contribution in [2.24, 2.45) is 0 Å². The van der Waals surface area contributed by atoms with Gasteiger partial charge in [-0.3, -0.25) is 19.8 Å². The summed E-state index contributed by atoms with van der Waals surface area (Å²) >= 11 is 5.81. The number of nitro benzene ring substituents is 1. The van der Waals surface area contributed by atoms with Gasteiger partial charge in [-0.25, -0.2) is 0 Å². The Kier molecular flexibility index (Phi) is 6.05. The summed E-state index contributed by atoms with van der Waals surface area (Å²) in [5, 5.41) is 26.0. The Morgan fingerprint density at radius 1 is 1.13 bits per heavy atom. The topological polar surface area (TPSA) is 122 Å². The fraction of sp³-hybridized carbons (Fsp3) is 0.263. The maximum absolute atomic E-state index is 12.4. The molecule has 1 aliphatic heterocycles. The number of piperazine rings is 1. The molecule has 0 radical (unpaired) electrons. The van der Waals surface area contributed by atoms with Crippen molar-refractivity contribution in [2.75, 3.05) is 42.9 Å². The van der Waals surface area contributed by atoms with Gasteiger partial charge in [-0.1, -0.05) is 34.9 Å². The van der Waals surface area contributed by atoms with E-state index in [1.54, 1.807) is 4.68 Å². The minimum Gasteiger partial charge on any atom is -0.337 e. The van der Waals surface area contributed by atoms with Crippen molar-refractivity contribution < 1.29 is 9.72 Å². The Balaban J connectivity index is 1.35. The van der Waals surface area contributed by atoms with Crippen LogP contribution in [0, 0.1) is 10.1 Å². The molecule has 1 fully saturated rings. The lowest BCUT2D eigenvalue weighted by Gasteiger charge is -2.34. The molecule has 2 heterocycles. The number of tetrazole rings is 1. The lowest BCUT2D eigenvalue weighted by atomic mass is 10.2. The van der Waals surface area contributed by atoms with E-state index < -0.39 is 4.92 Å². The van der Waals surface area contributed by atoms with Crippen LogP contribution in [0.5, 0.6) is 0 Å². The first-order valence-electron chi connectivity index (χ1n) is 9.56. The van der Waals surface area contributed by atoms with Crippen LogP contribution in [0.25, 0.3) is 5.69 Å². The quantitative estimate of drug-likeness (QED) is 0.454. The summed E-state index contributed by atoms with van der Waals surface area (Å²) in [4.78, 5) is 27.1. The van der Waals surface area contributed by atoms with Crippen molar-refractivity contribution in [3.05, 3.63) is 63.7 Å². The van der Waals surface area contributed by atoms with Gasteiger partial charge in [0.25, 0.3) is 5.69 Å². The van der Waals surface area contributed by atoms with Crippen LogP contribution in [-0.2, 0) is 4.79 Å². The molecule has 0 unspecified atom stereocenters. The van der Waals surface area contributed by atoms with Gasteiger partial charge in [0.1, 0.15) is 5.69 Å². The summed E-state index contributed by atoms with van der Waals surface area (Å²) in [5.41, 5.74) is 0.757. The van der Waals surface area contributed by atoms with Crippen molar-refractivity contribution in [3.63, 3.8) is 0 Å². The normalized spacial score (nSPS) is 14.4. The number of carbonyl (C=O) groups excluding carboxylic acids is 1. The molecule has 0 bridgehead atoms. The number of halogens is 1. The highest BCUT2D eigenvalue weighted by Gasteiger charge is 2.24. The number of amides is 1. The Bertz CT molecular complexity index is 1080. The molecule has 0 aliphatic carbocycles. The number of nitro groups is 1. The molecule has 1 aromatic heterocycles. The number of carbonyl (C=O) groups is 1. The molecule has 160 valence electrons. The van der Waals surface area contributed by atoms with Gasteiger partial charge in [0.2, 0.25) is 11.9 Å². The van der Waals surface area contributed by atoms with Crippen LogP contribution in [0.2, 0.25) is 5.02 Å². The highest BCUT2D eigenvalue weighted by molar-refractivity contribution is 6.31. The highest BCUT2D eigenvalue weighted by Crippen LogP contribution is 2.27. The fourth-order valence-corrected chi connectivity index (χ4v) is 3.54. The van der Waals surface area contributed by atoms with Crippen LogP contribution >= 0.6 is 11.6 Å². The Labute approximate surface area is 182 Å². The molecule has 0 saturated carbocycles. The molecule has 1 aliphatic rings. The molecule has 4 rings (SSSR count). The smallest absolute Gasteiger partial charge is 0.294 e. The number of rotatable bonds is 6. The zero-order chi connectivity index (χ0) is 21.8. The van der Waals surface area contributed by atoms with E-state index >= 15 is 0 Å². The van der Waals surface area contributed by atoms with Crippen LogP contribution < -0.4 is 10.2 Å². The largest absolute Gasteiger partial charge is 0.337 e. The summed E-state index contributed by atoms with van der Waals surface area (Å²) in [6.07, 6.45) is 0. The molecule has 1 amide bonds. The van der Waals surface area contributed by atoms with Crippen molar-refractivity contribution >= 4 is 34.8 Å². The minimum absolute atomic E-state index is 0.122. The average Bonchev–Trinajstić information content (AvgIpc) is 3.26. The third kappa shape index (κ3) is 4.78. The van der Waals surface area contributed by atoms with E-state index in [0.717, 1.165) is 5.69 Å². The highest BCUT2D eigenvalue weighted by atomic mass is 35.5. The fourth-order valence-electron chi connectivity index (χ4n) is 3.38. The van der Waals surface area contributed by atoms with Gasteiger partial charge in [0.05, 0.1) is 17.2 Å². The molecule has 31 heavy (non-hydrogen) atoms. The third-order valence-electron chi connectivity index (χ3n) is 4.91. The lowest BCUT2D eigenvalue weighted by Crippen LogP contribution is -2.49. The molecule has 11 nitrogen and oxygen atoms in total. The van der Waals surface area contributed by atoms with E-state index in [2.05, 4.69) is 25.7 Å². The SMILES string of the molecule is O=C(CN1CCN(c2nnnn2-c2ccccc2)CC1)Nc1ccc(Cl)cc1[N+](=O)[O-]. The molecule has 0 atom stereocenters.